The molecule has 0 radical (unpaired) electrons. The van der Waals surface area contributed by atoms with Gasteiger partial charge in [-0.05, 0) is 72.5 Å². The molecule has 1 aromatic rings. The van der Waals surface area contributed by atoms with Crippen LogP contribution in [0.3, 0.4) is 0 Å². The molecule has 2 unspecified atom stereocenters. The summed E-state index contributed by atoms with van der Waals surface area (Å²) in [6, 6.07) is 5.93. The van der Waals surface area contributed by atoms with E-state index in [2.05, 4.69) is 16.7 Å². The third-order valence-corrected chi connectivity index (χ3v) is 5.12. The van der Waals surface area contributed by atoms with E-state index >= 15 is 0 Å². The second kappa shape index (κ2) is 12.5. The maximum Gasteiger partial charge on any atom is 0.408 e. The Morgan fingerprint density at radius 1 is 1.12 bits per heavy atom. The Hall–Kier alpha value is -2.66. The summed E-state index contributed by atoms with van der Waals surface area (Å²) in [5.74, 6) is -0.320. The Morgan fingerprint density at radius 2 is 1.70 bits per heavy atom. The highest BCUT2D eigenvalue weighted by molar-refractivity contribution is 7.98. The molecule has 3 amide bonds. The van der Waals surface area contributed by atoms with Crippen molar-refractivity contribution in [2.45, 2.75) is 78.6 Å². The van der Waals surface area contributed by atoms with Crippen LogP contribution in [0.5, 0.6) is 0 Å². The van der Waals surface area contributed by atoms with E-state index in [-0.39, 0.29) is 11.9 Å². The van der Waals surface area contributed by atoms with Crippen LogP contribution in [0.2, 0.25) is 0 Å². The van der Waals surface area contributed by atoms with Gasteiger partial charge in [0.1, 0.15) is 17.7 Å². The average molecular weight is 476 g/mol. The molecule has 0 aliphatic rings. The largest absolute Gasteiger partial charge is 0.444 e. The van der Waals surface area contributed by atoms with Crippen LogP contribution in [0, 0.1) is 26.3 Å². The number of alkyl carbamates (subject to hydrolysis) is 1. The van der Waals surface area contributed by atoms with Crippen molar-refractivity contribution in [3.05, 3.63) is 34.9 Å². The second-order valence-electron chi connectivity index (χ2n) is 9.30. The predicted molar refractivity (Wildman–Crippen MR) is 134 cm³/mol. The van der Waals surface area contributed by atoms with Gasteiger partial charge in [0, 0.05) is 12.1 Å². The number of thioether (sulfide) groups is 1. The van der Waals surface area contributed by atoms with E-state index in [1.54, 1.807) is 20.8 Å². The van der Waals surface area contributed by atoms with E-state index in [1.165, 1.54) is 11.8 Å². The van der Waals surface area contributed by atoms with E-state index in [0.717, 1.165) is 16.0 Å². The van der Waals surface area contributed by atoms with Crippen molar-refractivity contribution in [1.29, 1.82) is 0 Å². The van der Waals surface area contributed by atoms with Crippen LogP contribution < -0.4 is 10.6 Å². The zero-order valence-electron chi connectivity index (χ0n) is 20.9. The number of amides is 3. The number of hydrogen-bond acceptors (Lipinski definition) is 5. The highest BCUT2D eigenvalue weighted by Gasteiger charge is 2.36. The lowest BCUT2D eigenvalue weighted by Crippen LogP contribution is -2.52. The van der Waals surface area contributed by atoms with Gasteiger partial charge in [-0.2, -0.15) is 11.8 Å². The molecule has 0 saturated heterocycles. The van der Waals surface area contributed by atoms with Gasteiger partial charge >= 0.3 is 6.09 Å². The van der Waals surface area contributed by atoms with E-state index < -0.39 is 29.7 Å². The average Bonchev–Trinajstić information content (AvgIpc) is 2.65. The number of ether oxygens (including phenoxy) is 1. The minimum absolute atomic E-state index is 0.146. The fourth-order valence-electron chi connectivity index (χ4n) is 3.33. The first-order chi connectivity index (χ1) is 15.3. The summed E-state index contributed by atoms with van der Waals surface area (Å²) in [5.41, 5.74) is 1.78. The maximum absolute atomic E-state index is 13.6. The smallest absolute Gasteiger partial charge is 0.408 e. The number of carbonyl (C=O) groups excluding carboxylic acids is 3. The number of hydrogen-bond donors (Lipinski definition) is 2. The molecule has 7 nitrogen and oxygen atoms in total. The lowest BCUT2D eigenvalue weighted by Gasteiger charge is -2.31. The monoisotopic (exact) mass is 475 g/mol. The minimum atomic E-state index is -1.04. The third-order valence-electron chi connectivity index (χ3n) is 4.47. The van der Waals surface area contributed by atoms with E-state index in [0.29, 0.717) is 17.7 Å². The third kappa shape index (κ3) is 9.39. The molecule has 0 aromatic heterocycles. The van der Waals surface area contributed by atoms with Crippen LogP contribution in [0.1, 0.15) is 63.8 Å². The summed E-state index contributed by atoms with van der Waals surface area (Å²) in [7, 11) is 0. The van der Waals surface area contributed by atoms with Crippen LogP contribution in [0.25, 0.3) is 0 Å². The van der Waals surface area contributed by atoms with Gasteiger partial charge in [-0.25, -0.2) is 4.79 Å². The van der Waals surface area contributed by atoms with E-state index in [9.17, 15) is 14.4 Å². The van der Waals surface area contributed by atoms with Crippen molar-refractivity contribution in [3.8, 4) is 12.5 Å². The molecule has 2 atom stereocenters. The van der Waals surface area contributed by atoms with Crippen LogP contribution in [-0.4, -0.2) is 52.5 Å². The lowest BCUT2D eigenvalue weighted by atomic mass is 9.98. The topological polar surface area (TPSA) is 87.7 Å². The van der Waals surface area contributed by atoms with Crippen molar-refractivity contribution in [2.24, 2.45) is 0 Å². The number of carbonyl (C=O) groups is 3. The molecule has 0 spiro atoms. The number of terminal acetylenes is 1. The number of benzene rings is 1. The molecule has 0 aliphatic heterocycles. The maximum atomic E-state index is 13.6. The standard InChI is InChI=1S/C25H37N3O4S/c1-10-28(23(30)20(11-12-33-9)27-24(31)32-25(6,7)8)21(22(29)26-16(2)3)19-14-17(4)13-18(5)15-19/h1,13-16,20-21H,11-12H2,2-9H3,(H,26,29)(H,27,31). The predicted octanol–water partition coefficient (Wildman–Crippen LogP) is 3.93. The van der Waals surface area contributed by atoms with Gasteiger partial charge in [-0.15, -0.1) is 0 Å². The highest BCUT2D eigenvalue weighted by atomic mass is 32.2. The molecular weight excluding hydrogens is 438 g/mol. The van der Waals surface area contributed by atoms with Crippen LogP contribution in [0.15, 0.2) is 18.2 Å². The first kappa shape index (κ1) is 28.4. The first-order valence-corrected chi connectivity index (χ1v) is 12.3. The molecule has 0 aliphatic carbocycles. The van der Waals surface area contributed by atoms with Gasteiger partial charge in [-0.3, -0.25) is 14.5 Å². The van der Waals surface area contributed by atoms with Crippen LogP contribution in [-0.2, 0) is 14.3 Å². The Balaban J connectivity index is 3.39. The van der Waals surface area contributed by atoms with Crippen molar-refractivity contribution in [1.82, 2.24) is 15.5 Å². The van der Waals surface area contributed by atoms with E-state index in [4.69, 9.17) is 11.2 Å². The fraction of sp³-hybridized carbons (Fsp3) is 0.560. The molecule has 0 fully saturated rings. The molecule has 0 heterocycles. The molecule has 1 rings (SSSR count). The number of nitrogens with one attached hydrogen (secondary N) is 2. The summed E-state index contributed by atoms with van der Waals surface area (Å²) in [6.45, 7) is 12.7. The van der Waals surface area contributed by atoms with Gasteiger partial charge in [0.15, 0.2) is 0 Å². The van der Waals surface area contributed by atoms with Gasteiger partial charge in [-0.1, -0.05) is 35.7 Å². The zero-order chi connectivity index (χ0) is 25.3. The van der Waals surface area contributed by atoms with Gasteiger partial charge < -0.3 is 15.4 Å². The van der Waals surface area contributed by atoms with Crippen molar-refractivity contribution < 1.29 is 19.1 Å². The number of aryl methyl sites for hydroxylation is 2. The number of rotatable bonds is 9. The SMILES string of the molecule is C#CN(C(=O)C(CCSC)NC(=O)OC(C)(C)C)C(C(=O)NC(C)C)c1cc(C)cc(C)c1. The van der Waals surface area contributed by atoms with Crippen LogP contribution >= 0.6 is 11.8 Å². The zero-order valence-corrected chi connectivity index (χ0v) is 21.8. The Bertz CT molecular complexity index is 866. The van der Waals surface area contributed by atoms with Crippen molar-refractivity contribution >= 4 is 29.7 Å². The van der Waals surface area contributed by atoms with Gasteiger partial charge in [0.05, 0.1) is 0 Å². The molecule has 2 N–H and O–H groups in total. The first-order valence-electron chi connectivity index (χ1n) is 11.0. The molecule has 33 heavy (non-hydrogen) atoms. The summed E-state index contributed by atoms with van der Waals surface area (Å²) in [5, 5.41) is 5.50. The number of nitrogens with zero attached hydrogens (tertiary/aromatic N) is 1. The molecule has 0 saturated carbocycles. The quantitative estimate of drug-likeness (QED) is 0.417. The summed E-state index contributed by atoms with van der Waals surface area (Å²) < 4.78 is 5.33. The van der Waals surface area contributed by atoms with Crippen molar-refractivity contribution in [2.75, 3.05) is 12.0 Å². The molecule has 1 aromatic carbocycles. The van der Waals surface area contributed by atoms with E-state index in [1.807, 2.05) is 52.1 Å². The molecule has 8 heteroatoms. The fourth-order valence-corrected chi connectivity index (χ4v) is 3.80. The molecule has 182 valence electrons. The Kier molecular flexibility index (Phi) is 10.8. The molecular formula is C25H37N3O4S. The van der Waals surface area contributed by atoms with Gasteiger partial charge in [0.25, 0.3) is 5.91 Å². The van der Waals surface area contributed by atoms with Crippen LogP contribution in [0.4, 0.5) is 4.79 Å². The molecule has 0 bridgehead atoms. The van der Waals surface area contributed by atoms with Gasteiger partial charge in [0.2, 0.25) is 5.91 Å². The van der Waals surface area contributed by atoms with Crippen molar-refractivity contribution in [3.63, 3.8) is 0 Å². The highest BCUT2D eigenvalue weighted by Crippen LogP contribution is 2.25. The summed E-state index contributed by atoms with van der Waals surface area (Å²) in [6.07, 6.45) is 7.31. The Morgan fingerprint density at radius 3 is 2.15 bits per heavy atom. The second-order valence-corrected chi connectivity index (χ2v) is 10.3. The summed E-state index contributed by atoms with van der Waals surface area (Å²) >= 11 is 1.54. The minimum Gasteiger partial charge on any atom is -0.444 e. The lowest BCUT2D eigenvalue weighted by molar-refractivity contribution is -0.138. The normalized spacial score (nSPS) is 13.0. The summed E-state index contributed by atoms with van der Waals surface area (Å²) in [4.78, 5) is 40.3. The Labute approximate surface area is 202 Å².